The number of ether oxygens (including phenoxy) is 1. The third-order valence-corrected chi connectivity index (χ3v) is 5.74. The van der Waals surface area contributed by atoms with Gasteiger partial charge >= 0.3 is 0 Å². The zero-order valence-corrected chi connectivity index (χ0v) is 17.9. The first-order valence-corrected chi connectivity index (χ1v) is 10.3. The van der Waals surface area contributed by atoms with Crippen LogP contribution in [0.3, 0.4) is 0 Å². The van der Waals surface area contributed by atoms with Crippen molar-refractivity contribution in [2.24, 2.45) is 0 Å². The van der Waals surface area contributed by atoms with Crippen LogP contribution in [0, 0.1) is 19.7 Å². The molecule has 1 aliphatic rings. The second-order valence-corrected chi connectivity index (χ2v) is 7.85. The van der Waals surface area contributed by atoms with Gasteiger partial charge in [-0.15, -0.1) is 0 Å². The Hall–Kier alpha value is -2.73. The summed E-state index contributed by atoms with van der Waals surface area (Å²) in [5.74, 6) is -0.101. The maximum atomic E-state index is 13.9. The Bertz CT molecular complexity index is 921. The fraction of sp³-hybridized carbons (Fsp3) is 0.417. The van der Waals surface area contributed by atoms with Gasteiger partial charge in [-0.25, -0.2) is 4.39 Å². The molecule has 2 aromatic rings. The summed E-state index contributed by atoms with van der Waals surface area (Å²) in [7, 11) is 1.45. The lowest BCUT2D eigenvalue weighted by molar-refractivity contribution is -0.132. The number of piperazine rings is 1. The summed E-state index contributed by atoms with van der Waals surface area (Å²) in [6, 6.07) is 10.7. The van der Waals surface area contributed by atoms with E-state index in [1.807, 2.05) is 43.0 Å². The molecule has 2 aromatic carbocycles. The van der Waals surface area contributed by atoms with E-state index in [0.717, 1.165) is 29.8 Å². The van der Waals surface area contributed by atoms with Crippen LogP contribution >= 0.6 is 0 Å². The van der Waals surface area contributed by atoms with Crippen molar-refractivity contribution >= 4 is 11.7 Å². The number of carbonyl (C=O) groups excluding carboxylic acids is 2. The highest BCUT2D eigenvalue weighted by Crippen LogP contribution is 2.19. The van der Waals surface area contributed by atoms with E-state index in [1.165, 1.54) is 13.2 Å². The molecular weight excluding hydrogens is 383 g/mol. The Morgan fingerprint density at radius 2 is 1.70 bits per heavy atom. The van der Waals surface area contributed by atoms with Gasteiger partial charge in [0, 0.05) is 51.1 Å². The van der Waals surface area contributed by atoms with E-state index in [4.69, 9.17) is 4.74 Å². The van der Waals surface area contributed by atoms with Crippen molar-refractivity contribution < 1.29 is 18.7 Å². The summed E-state index contributed by atoms with van der Waals surface area (Å²) in [6.07, 6.45) is 0.460. The third-order valence-electron chi connectivity index (χ3n) is 5.74. The van der Waals surface area contributed by atoms with Crippen LogP contribution in [0.25, 0.3) is 0 Å². The number of methoxy groups -OCH3 is 1. The van der Waals surface area contributed by atoms with Crippen molar-refractivity contribution in [2.75, 3.05) is 33.3 Å². The molecule has 30 heavy (non-hydrogen) atoms. The smallest absolute Gasteiger partial charge is 0.223 e. The number of amides is 1. The molecule has 0 spiro atoms. The SMILES string of the molecule is COc1ccc(CN2CCN(C(=O)CCC(=O)c3ccc(C)c(C)c3)CC2)cc1F. The van der Waals surface area contributed by atoms with Crippen molar-refractivity contribution in [1.82, 2.24) is 9.80 Å². The number of hydrogen-bond donors (Lipinski definition) is 0. The van der Waals surface area contributed by atoms with Crippen LogP contribution in [-0.4, -0.2) is 54.8 Å². The van der Waals surface area contributed by atoms with Gasteiger partial charge in [0.1, 0.15) is 0 Å². The van der Waals surface area contributed by atoms with Gasteiger partial charge in [0.25, 0.3) is 0 Å². The lowest BCUT2D eigenvalue weighted by Gasteiger charge is -2.34. The Balaban J connectivity index is 1.45. The summed E-state index contributed by atoms with van der Waals surface area (Å²) in [6.45, 7) is 7.32. The molecule has 1 heterocycles. The van der Waals surface area contributed by atoms with Crippen molar-refractivity contribution in [1.29, 1.82) is 0 Å². The minimum Gasteiger partial charge on any atom is -0.494 e. The second kappa shape index (κ2) is 9.85. The van der Waals surface area contributed by atoms with Gasteiger partial charge in [0.2, 0.25) is 5.91 Å². The molecule has 0 N–H and O–H groups in total. The standard InChI is InChI=1S/C24H29FN2O3/c1-17-4-6-20(14-18(17)2)22(28)7-9-24(29)27-12-10-26(11-13-27)16-19-5-8-23(30-3)21(25)15-19/h4-6,8,14-15H,7,9-13,16H2,1-3H3. The molecule has 0 aromatic heterocycles. The van der Waals surface area contributed by atoms with E-state index < -0.39 is 0 Å². The molecule has 0 aliphatic carbocycles. The Kier molecular flexibility index (Phi) is 7.21. The maximum Gasteiger partial charge on any atom is 0.223 e. The summed E-state index contributed by atoms with van der Waals surface area (Å²) >= 11 is 0. The van der Waals surface area contributed by atoms with Crippen molar-refractivity contribution in [3.8, 4) is 5.75 Å². The number of benzene rings is 2. The minimum absolute atomic E-state index is 0.00613. The summed E-state index contributed by atoms with van der Waals surface area (Å²) in [5, 5.41) is 0. The van der Waals surface area contributed by atoms with Crippen LogP contribution < -0.4 is 4.74 Å². The van der Waals surface area contributed by atoms with Crippen molar-refractivity contribution in [3.63, 3.8) is 0 Å². The predicted molar refractivity (Wildman–Crippen MR) is 114 cm³/mol. The summed E-state index contributed by atoms with van der Waals surface area (Å²) < 4.78 is 18.8. The predicted octanol–water partition coefficient (Wildman–Crippen LogP) is 3.76. The quantitative estimate of drug-likeness (QED) is 0.650. The molecule has 160 valence electrons. The van der Waals surface area contributed by atoms with Crippen molar-refractivity contribution in [3.05, 3.63) is 64.5 Å². The molecular formula is C24H29FN2O3. The largest absolute Gasteiger partial charge is 0.494 e. The van der Waals surface area contributed by atoms with E-state index >= 15 is 0 Å². The van der Waals surface area contributed by atoms with E-state index in [-0.39, 0.29) is 36.1 Å². The molecule has 0 unspecified atom stereocenters. The van der Waals surface area contributed by atoms with Crippen LogP contribution in [0.1, 0.15) is 39.9 Å². The van der Waals surface area contributed by atoms with Gasteiger partial charge in [0.15, 0.2) is 17.3 Å². The van der Waals surface area contributed by atoms with Gasteiger partial charge in [-0.2, -0.15) is 0 Å². The maximum absolute atomic E-state index is 13.9. The van der Waals surface area contributed by atoms with Gasteiger partial charge < -0.3 is 9.64 Å². The van der Waals surface area contributed by atoms with E-state index in [2.05, 4.69) is 4.90 Å². The zero-order valence-electron chi connectivity index (χ0n) is 17.9. The highest BCUT2D eigenvalue weighted by molar-refractivity contribution is 5.98. The van der Waals surface area contributed by atoms with Crippen LogP contribution in [0.2, 0.25) is 0 Å². The minimum atomic E-state index is -0.364. The molecule has 1 saturated heterocycles. The number of nitrogens with zero attached hydrogens (tertiary/aromatic N) is 2. The number of halogens is 1. The van der Waals surface area contributed by atoms with Crippen molar-refractivity contribution in [2.45, 2.75) is 33.2 Å². The third kappa shape index (κ3) is 5.45. The first kappa shape index (κ1) is 22.0. The topological polar surface area (TPSA) is 49.9 Å². The number of rotatable bonds is 7. The highest BCUT2D eigenvalue weighted by Gasteiger charge is 2.22. The van der Waals surface area contributed by atoms with E-state index in [0.29, 0.717) is 25.2 Å². The first-order chi connectivity index (χ1) is 14.4. The fourth-order valence-electron chi connectivity index (χ4n) is 3.66. The molecule has 0 radical (unpaired) electrons. The molecule has 6 heteroatoms. The van der Waals surface area contributed by atoms with Crippen LogP contribution in [-0.2, 0) is 11.3 Å². The van der Waals surface area contributed by atoms with Gasteiger partial charge in [-0.3, -0.25) is 14.5 Å². The number of hydrogen-bond acceptors (Lipinski definition) is 4. The average Bonchev–Trinajstić information content (AvgIpc) is 2.74. The number of Topliss-reactive ketones (excluding diaryl/α,β-unsaturated/α-hetero) is 1. The van der Waals surface area contributed by atoms with Crippen LogP contribution in [0.15, 0.2) is 36.4 Å². The molecule has 0 bridgehead atoms. The Labute approximate surface area is 177 Å². The van der Waals surface area contributed by atoms with Gasteiger partial charge in [-0.05, 0) is 48.7 Å². The highest BCUT2D eigenvalue weighted by atomic mass is 19.1. The Morgan fingerprint density at radius 3 is 2.33 bits per heavy atom. The second-order valence-electron chi connectivity index (χ2n) is 7.85. The van der Waals surface area contributed by atoms with E-state index in [1.54, 1.807) is 6.07 Å². The zero-order chi connectivity index (χ0) is 21.7. The molecule has 3 rings (SSSR count). The molecule has 0 saturated carbocycles. The molecule has 1 amide bonds. The number of carbonyl (C=O) groups is 2. The summed E-state index contributed by atoms with van der Waals surface area (Å²) in [5.41, 5.74) is 3.78. The fourth-order valence-corrected chi connectivity index (χ4v) is 3.66. The average molecular weight is 413 g/mol. The molecule has 5 nitrogen and oxygen atoms in total. The van der Waals surface area contributed by atoms with Gasteiger partial charge in [0.05, 0.1) is 7.11 Å². The lowest BCUT2D eigenvalue weighted by Crippen LogP contribution is -2.48. The number of ketones is 1. The molecule has 1 fully saturated rings. The first-order valence-electron chi connectivity index (χ1n) is 10.3. The van der Waals surface area contributed by atoms with Crippen LogP contribution in [0.4, 0.5) is 4.39 Å². The van der Waals surface area contributed by atoms with Crippen LogP contribution in [0.5, 0.6) is 5.75 Å². The number of aryl methyl sites for hydroxylation is 2. The van der Waals surface area contributed by atoms with Gasteiger partial charge in [-0.1, -0.05) is 18.2 Å². The molecule has 1 aliphatic heterocycles. The normalized spacial score (nSPS) is 14.6. The molecule has 0 atom stereocenters. The monoisotopic (exact) mass is 412 g/mol. The summed E-state index contributed by atoms with van der Waals surface area (Å²) in [4.78, 5) is 29.0. The van der Waals surface area contributed by atoms with E-state index in [9.17, 15) is 14.0 Å². The Morgan fingerprint density at radius 1 is 0.967 bits per heavy atom. The lowest BCUT2D eigenvalue weighted by atomic mass is 10.0.